The molecule has 0 spiro atoms. The van der Waals surface area contributed by atoms with Gasteiger partial charge in [0.25, 0.3) is 0 Å². The van der Waals surface area contributed by atoms with Crippen molar-refractivity contribution in [2.45, 2.75) is 30.6 Å². The lowest BCUT2D eigenvalue weighted by molar-refractivity contribution is -0.132. The maximum absolute atomic E-state index is 13.8. The first-order valence-corrected chi connectivity index (χ1v) is 9.68. The Morgan fingerprint density at radius 1 is 0.960 bits per heavy atom. The van der Waals surface area contributed by atoms with Crippen molar-refractivity contribution < 1.29 is 22.4 Å². The smallest absolute Gasteiger partial charge is 0.245 e. The van der Waals surface area contributed by atoms with Crippen LogP contribution in [0.4, 0.5) is 4.39 Å². The average Bonchev–Trinajstić information content (AvgIpc) is 3.45. The monoisotopic (exact) mass is 369 g/mol. The van der Waals surface area contributed by atoms with Gasteiger partial charge in [-0.1, -0.05) is 12.1 Å². The number of piperidine rings is 1. The summed E-state index contributed by atoms with van der Waals surface area (Å²) in [6.45, 7) is 0.261. The van der Waals surface area contributed by atoms with Gasteiger partial charge in [0.15, 0.2) is 0 Å². The number of halogens is 1. The molecule has 25 heavy (non-hydrogen) atoms. The first kappa shape index (κ1) is 17.8. The van der Waals surface area contributed by atoms with E-state index in [9.17, 15) is 22.4 Å². The van der Waals surface area contributed by atoms with Gasteiger partial charge < -0.3 is 0 Å². The van der Waals surface area contributed by atoms with Crippen LogP contribution >= 0.6 is 0 Å². The highest BCUT2D eigenvalue weighted by atomic mass is 32.2. The van der Waals surface area contributed by atoms with E-state index in [1.807, 2.05) is 0 Å². The van der Waals surface area contributed by atoms with Crippen LogP contribution in [0.25, 0.3) is 0 Å². The van der Waals surface area contributed by atoms with Gasteiger partial charge in [-0.2, -0.15) is 4.31 Å². The van der Waals surface area contributed by atoms with Gasteiger partial charge in [0.1, 0.15) is 10.7 Å². The van der Waals surface area contributed by atoms with Crippen molar-refractivity contribution in [1.29, 1.82) is 0 Å². The first-order valence-electron chi connectivity index (χ1n) is 8.24. The Morgan fingerprint density at radius 2 is 1.48 bits per heavy atom. The van der Waals surface area contributed by atoms with Gasteiger partial charge in [-0.25, -0.2) is 12.8 Å². The van der Waals surface area contributed by atoms with E-state index in [1.54, 1.807) is 0 Å². The van der Waals surface area contributed by atoms with Crippen LogP contribution in [0, 0.1) is 17.7 Å². The summed E-state index contributed by atoms with van der Waals surface area (Å²) in [5.74, 6) is -1.69. The van der Waals surface area contributed by atoms with Crippen LogP contribution in [0.15, 0.2) is 29.2 Å². The zero-order valence-corrected chi connectivity index (χ0v) is 14.4. The number of benzene rings is 1. The molecule has 1 aliphatic carbocycles. The van der Waals surface area contributed by atoms with Gasteiger partial charge in [-0.3, -0.25) is 20.4 Å². The average molecular weight is 369 g/mol. The highest BCUT2D eigenvalue weighted by Crippen LogP contribution is 2.28. The fraction of sp³-hybridized carbons (Fsp3) is 0.500. The van der Waals surface area contributed by atoms with Crippen molar-refractivity contribution in [3.8, 4) is 0 Å². The predicted octanol–water partition coefficient (Wildman–Crippen LogP) is 0.784. The lowest BCUT2D eigenvalue weighted by Crippen LogP contribution is -2.48. The highest BCUT2D eigenvalue weighted by molar-refractivity contribution is 7.89. The molecule has 2 aliphatic rings. The van der Waals surface area contributed by atoms with Crippen LogP contribution in [0.1, 0.15) is 25.7 Å². The number of carbonyl (C=O) groups excluding carboxylic acids is 2. The Hall–Kier alpha value is -2.00. The van der Waals surface area contributed by atoms with Gasteiger partial charge in [-0.15, -0.1) is 0 Å². The van der Waals surface area contributed by atoms with Crippen molar-refractivity contribution in [2.24, 2.45) is 11.8 Å². The SMILES string of the molecule is O=C(NNC(=O)C1CCN(S(=O)(=O)c2ccccc2F)CC1)C1CC1. The van der Waals surface area contributed by atoms with Crippen LogP contribution in [0.5, 0.6) is 0 Å². The second-order valence-electron chi connectivity index (χ2n) is 6.36. The maximum atomic E-state index is 13.8. The Bertz CT molecular complexity index is 771. The van der Waals surface area contributed by atoms with Crippen molar-refractivity contribution in [3.05, 3.63) is 30.1 Å². The van der Waals surface area contributed by atoms with E-state index in [0.717, 1.165) is 18.9 Å². The molecule has 2 fully saturated rings. The van der Waals surface area contributed by atoms with Gasteiger partial charge in [-0.05, 0) is 37.8 Å². The van der Waals surface area contributed by atoms with Gasteiger partial charge in [0, 0.05) is 24.9 Å². The molecule has 7 nitrogen and oxygen atoms in total. The van der Waals surface area contributed by atoms with Crippen LogP contribution in [-0.2, 0) is 19.6 Å². The fourth-order valence-corrected chi connectivity index (χ4v) is 4.36. The molecule has 2 amide bonds. The Kier molecular flexibility index (Phi) is 5.05. The molecule has 136 valence electrons. The van der Waals surface area contributed by atoms with Gasteiger partial charge in [0.05, 0.1) is 0 Å². The molecule has 3 rings (SSSR count). The molecule has 0 unspecified atom stereocenters. The second kappa shape index (κ2) is 7.09. The molecule has 2 N–H and O–H groups in total. The quantitative estimate of drug-likeness (QED) is 0.767. The lowest BCUT2D eigenvalue weighted by atomic mass is 9.98. The molecule has 0 atom stereocenters. The normalized spacial score (nSPS) is 19.4. The number of nitrogens with zero attached hydrogens (tertiary/aromatic N) is 1. The minimum atomic E-state index is -3.91. The number of hydrogen-bond donors (Lipinski definition) is 2. The van der Waals surface area contributed by atoms with Crippen LogP contribution in [-0.4, -0.2) is 37.6 Å². The van der Waals surface area contributed by atoms with E-state index < -0.39 is 15.8 Å². The summed E-state index contributed by atoms with van der Waals surface area (Å²) < 4.78 is 40.0. The molecule has 1 aromatic rings. The van der Waals surface area contributed by atoms with Crippen LogP contribution in [0.3, 0.4) is 0 Å². The van der Waals surface area contributed by atoms with Crippen molar-refractivity contribution in [2.75, 3.05) is 13.1 Å². The minimum absolute atomic E-state index is 0.00643. The standard InChI is InChI=1S/C16H20FN3O4S/c17-13-3-1-2-4-14(13)25(23,24)20-9-7-12(8-10-20)16(22)19-18-15(21)11-5-6-11/h1-4,11-12H,5-10H2,(H,18,21)(H,19,22). The van der Waals surface area contributed by atoms with E-state index >= 15 is 0 Å². The van der Waals surface area contributed by atoms with E-state index in [2.05, 4.69) is 10.9 Å². The molecule has 1 saturated heterocycles. The number of hydrazine groups is 1. The maximum Gasteiger partial charge on any atom is 0.245 e. The molecule has 0 bridgehead atoms. The number of carbonyl (C=O) groups is 2. The molecular weight excluding hydrogens is 349 g/mol. The summed E-state index contributed by atoms with van der Waals surface area (Å²) >= 11 is 0. The number of amides is 2. The summed E-state index contributed by atoms with van der Waals surface area (Å²) in [7, 11) is -3.91. The van der Waals surface area contributed by atoms with Crippen LogP contribution in [0.2, 0.25) is 0 Å². The zero-order chi connectivity index (χ0) is 18.0. The second-order valence-corrected chi connectivity index (χ2v) is 8.27. The predicted molar refractivity (Wildman–Crippen MR) is 86.9 cm³/mol. The molecule has 0 aromatic heterocycles. The van der Waals surface area contributed by atoms with Gasteiger partial charge in [0.2, 0.25) is 21.8 Å². The lowest BCUT2D eigenvalue weighted by Gasteiger charge is -2.30. The van der Waals surface area contributed by atoms with E-state index in [1.165, 1.54) is 22.5 Å². The molecule has 1 aromatic carbocycles. The third-order valence-electron chi connectivity index (χ3n) is 4.54. The number of nitrogens with one attached hydrogen (secondary N) is 2. The third kappa shape index (κ3) is 3.98. The molecule has 1 heterocycles. The van der Waals surface area contributed by atoms with Crippen molar-refractivity contribution >= 4 is 21.8 Å². The summed E-state index contributed by atoms with van der Waals surface area (Å²) in [5, 5.41) is 0. The summed E-state index contributed by atoms with van der Waals surface area (Å²) in [6.07, 6.45) is 2.32. The number of rotatable bonds is 4. The fourth-order valence-electron chi connectivity index (χ4n) is 2.82. The molecule has 0 radical (unpaired) electrons. The molecular formula is C16H20FN3O4S. The highest BCUT2D eigenvalue weighted by Gasteiger charge is 2.34. The van der Waals surface area contributed by atoms with Gasteiger partial charge >= 0.3 is 0 Å². The Morgan fingerprint density at radius 3 is 2.00 bits per heavy atom. The summed E-state index contributed by atoms with van der Waals surface area (Å²) in [5.41, 5.74) is 4.80. The summed E-state index contributed by atoms with van der Waals surface area (Å²) in [6, 6.07) is 5.24. The van der Waals surface area contributed by atoms with E-state index in [0.29, 0.717) is 12.8 Å². The molecule has 1 saturated carbocycles. The van der Waals surface area contributed by atoms with Crippen LogP contribution < -0.4 is 10.9 Å². The molecule has 9 heteroatoms. The third-order valence-corrected chi connectivity index (χ3v) is 6.47. The topological polar surface area (TPSA) is 95.6 Å². The number of hydrogen-bond acceptors (Lipinski definition) is 4. The Labute approximate surface area is 145 Å². The van der Waals surface area contributed by atoms with E-state index in [4.69, 9.17) is 0 Å². The minimum Gasteiger partial charge on any atom is -0.273 e. The Balaban J connectivity index is 1.55. The zero-order valence-electron chi connectivity index (χ0n) is 13.6. The molecule has 1 aliphatic heterocycles. The summed E-state index contributed by atoms with van der Waals surface area (Å²) in [4.78, 5) is 23.2. The largest absolute Gasteiger partial charge is 0.273 e. The first-order chi connectivity index (χ1) is 11.9. The number of sulfonamides is 1. The van der Waals surface area contributed by atoms with Crippen molar-refractivity contribution in [1.82, 2.24) is 15.2 Å². The van der Waals surface area contributed by atoms with Crippen molar-refractivity contribution in [3.63, 3.8) is 0 Å². The van der Waals surface area contributed by atoms with E-state index in [-0.39, 0.29) is 41.6 Å².